The highest BCUT2D eigenvalue weighted by atomic mass is 16.6. The van der Waals surface area contributed by atoms with Crippen molar-refractivity contribution in [1.82, 2.24) is 20.2 Å². The van der Waals surface area contributed by atoms with Crippen molar-refractivity contribution in [2.45, 2.75) is 94.7 Å². The van der Waals surface area contributed by atoms with E-state index in [4.69, 9.17) is 4.74 Å². The second kappa shape index (κ2) is 14.1. The van der Waals surface area contributed by atoms with Crippen molar-refractivity contribution in [3.05, 3.63) is 75.9 Å². The Labute approximate surface area is 263 Å². The van der Waals surface area contributed by atoms with Crippen LogP contribution in [0.25, 0.3) is 17.3 Å². The first-order valence-corrected chi connectivity index (χ1v) is 15.2. The number of aliphatic imine (C=N–C) groups is 1. The molecule has 3 rings (SSSR count). The van der Waals surface area contributed by atoms with Crippen LogP contribution in [0.1, 0.15) is 91.1 Å². The Bertz CT molecular complexity index is 1520. The molecule has 0 fully saturated rings. The van der Waals surface area contributed by atoms with E-state index in [0.717, 1.165) is 51.2 Å². The second-order valence-corrected chi connectivity index (χ2v) is 13.6. The predicted molar refractivity (Wildman–Crippen MR) is 179 cm³/mol. The first-order valence-electron chi connectivity index (χ1n) is 15.2. The van der Waals surface area contributed by atoms with Crippen LogP contribution < -0.4 is 5.32 Å². The summed E-state index contributed by atoms with van der Waals surface area (Å²) in [5.41, 5.74) is 9.18. The summed E-state index contributed by atoms with van der Waals surface area (Å²) in [6, 6.07) is 6.17. The van der Waals surface area contributed by atoms with E-state index in [9.17, 15) is 9.59 Å². The monoisotopic (exact) mass is 599 g/mol. The Morgan fingerprint density at radius 3 is 2.36 bits per heavy atom. The van der Waals surface area contributed by atoms with Gasteiger partial charge < -0.3 is 15.0 Å². The van der Waals surface area contributed by atoms with E-state index in [-0.39, 0.29) is 17.4 Å². The quantitative estimate of drug-likeness (QED) is 0.328. The molecule has 0 aliphatic carbocycles. The van der Waals surface area contributed by atoms with Crippen LogP contribution in [0, 0.1) is 19.3 Å². The number of ether oxygens (including phenoxy) is 1. The minimum absolute atomic E-state index is 0.0110. The normalized spacial score (nSPS) is 15.2. The van der Waals surface area contributed by atoms with Gasteiger partial charge in [-0.25, -0.2) is 14.8 Å². The van der Waals surface area contributed by atoms with Gasteiger partial charge in [0.25, 0.3) is 5.91 Å². The summed E-state index contributed by atoms with van der Waals surface area (Å²) in [7, 11) is 0. The SMILES string of the molecule is CC(=N/C=C(\C)C(C)(C)C)C(=O)NCc1ccc(-c2ncnc(/C=C(\C)C3=CCN(C(=O)OC(C)(C)C)CC3)c2C)cc1C. The Balaban J connectivity index is 1.71. The van der Waals surface area contributed by atoms with Gasteiger partial charge in [-0.05, 0) is 107 Å². The van der Waals surface area contributed by atoms with Crippen LogP contribution in [0.15, 0.2) is 58.5 Å². The number of nitrogens with one attached hydrogen (secondary N) is 1. The van der Waals surface area contributed by atoms with Gasteiger partial charge in [-0.3, -0.25) is 9.79 Å². The number of amides is 2. The van der Waals surface area contributed by atoms with E-state index in [1.54, 1.807) is 24.4 Å². The number of aryl methyl sites for hydroxylation is 1. The molecular weight excluding hydrogens is 550 g/mol. The Hall–Kier alpha value is -4.07. The lowest BCUT2D eigenvalue weighted by molar-refractivity contribution is -0.115. The third kappa shape index (κ3) is 9.46. The van der Waals surface area contributed by atoms with Crippen molar-refractivity contribution in [3.63, 3.8) is 0 Å². The average Bonchev–Trinajstić information content (AvgIpc) is 2.94. The van der Waals surface area contributed by atoms with E-state index >= 15 is 0 Å². The molecule has 0 unspecified atom stereocenters. The smallest absolute Gasteiger partial charge is 0.410 e. The lowest BCUT2D eigenvalue weighted by Gasteiger charge is -2.29. The molecule has 1 aliphatic heterocycles. The van der Waals surface area contributed by atoms with Gasteiger partial charge >= 0.3 is 6.09 Å². The van der Waals surface area contributed by atoms with Crippen molar-refractivity contribution >= 4 is 23.8 Å². The molecule has 2 amide bonds. The molecule has 2 heterocycles. The molecule has 0 bridgehead atoms. The number of hydrogen-bond donors (Lipinski definition) is 1. The maximum atomic E-state index is 12.6. The predicted octanol–water partition coefficient (Wildman–Crippen LogP) is 7.76. The molecule has 1 aliphatic rings. The summed E-state index contributed by atoms with van der Waals surface area (Å²) in [5.74, 6) is -0.185. The van der Waals surface area contributed by atoms with Crippen LogP contribution >= 0.6 is 0 Å². The van der Waals surface area contributed by atoms with Gasteiger partial charge in [0.05, 0.1) is 11.4 Å². The minimum Gasteiger partial charge on any atom is -0.444 e. The zero-order chi connectivity index (χ0) is 32.8. The number of benzene rings is 1. The molecule has 0 atom stereocenters. The summed E-state index contributed by atoms with van der Waals surface area (Å²) in [6.07, 6.45) is 8.04. The van der Waals surface area contributed by atoms with E-state index in [0.29, 0.717) is 25.3 Å². The van der Waals surface area contributed by atoms with E-state index in [1.165, 1.54) is 5.57 Å². The Morgan fingerprint density at radius 1 is 1.07 bits per heavy atom. The highest BCUT2D eigenvalue weighted by molar-refractivity contribution is 6.38. The number of carbonyl (C=O) groups is 2. The molecule has 1 aromatic heterocycles. The van der Waals surface area contributed by atoms with Gasteiger partial charge in [0.2, 0.25) is 0 Å². The number of rotatable bonds is 7. The highest BCUT2D eigenvalue weighted by Gasteiger charge is 2.24. The molecule has 44 heavy (non-hydrogen) atoms. The summed E-state index contributed by atoms with van der Waals surface area (Å²) < 4.78 is 5.51. The first kappa shape index (κ1) is 34.4. The van der Waals surface area contributed by atoms with E-state index < -0.39 is 5.60 Å². The van der Waals surface area contributed by atoms with Crippen LogP contribution in [0.2, 0.25) is 0 Å². The summed E-state index contributed by atoms with van der Waals surface area (Å²) >= 11 is 0. The van der Waals surface area contributed by atoms with Crippen molar-refractivity contribution in [3.8, 4) is 11.3 Å². The number of hydrogen-bond acceptors (Lipinski definition) is 6. The summed E-state index contributed by atoms with van der Waals surface area (Å²) in [4.78, 5) is 40.3. The average molecular weight is 600 g/mol. The number of carbonyl (C=O) groups excluding carboxylic acids is 2. The third-order valence-corrected chi connectivity index (χ3v) is 7.86. The molecule has 0 saturated carbocycles. The van der Waals surface area contributed by atoms with Crippen molar-refractivity contribution in [2.24, 2.45) is 10.4 Å². The lowest BCUT2D eigenvalue weighted by atomic mass is 9.88. The van der Waals surface area contributed by atoms with Crippen LogP contribution in [-0.4, -0.2) is 51.3 Å². The van der Waals surface area contributed by atoms with Gasteiger partial charge in [-0.1, -0.05) is 39.0 Å². The number of nitrogens with zero attached hydrogens (tertiary/aromatic N) is 4. The standard InChI is InChI=1S/C36H49N5O3/c1-23-18-29(12-13-30(23)21-38-33(42)27(5)37-20-25(3)35(6,7)8)32-26(4)31(39-22-40-32)19-24(2)28-14-16-41(17-15-28)34(43)44-36(9,10)11/h12-14,18-20,22H,15-17,21H2,1-11H3,(H,38,42)/b24-19+,25-20+,37-27?. The lowest BCUT2D eigenvalue weighted by Crippen LogP contribution is -2.39. The zero-order valence-electron chi connectivity index (χ0n) is 28.4. The van der Waals surface area contributed by atoms with Crippen LogP contribution in [-0.2, 0) is 16.1 Å². The molecule has 1 aromatic carbocycles. The molecule has 0 radical (unpaired) electrons. The highest BCUT2D eigenvalue weighted by Crippen LogP contribution is 2.28. The summed E-state index contributed by atoms with van der Waals surface area (Å²) in [5, 5.41) is 2.99. The Morgan fingerprint density at radius 2 is 1.77 bits per heavy atom. The fourth-order valence-electron chi connectivity index (χ4n) is 4.51. The van der Waals surface area contributed by atoms with E-state index in [1.807, 2.05) is 53.7 Å². The summed E-state index contributed by atoms with van der Waals surface area (Å²) in [6.45, 7) is 23.5. The van der Waals surface area contributed by atoms with Crippen LogP contribution in [0.5, 0.6) is 0 Å². The molecule has 0 spiro atoms. The molecule has 2 aromatic rings. The van der Waals surface area contributed by atoms with Crippen LogP contribution in [0.4, 0.5) is 4.79 Å². The van der Waals surface area contributed by atoms with Gasteiger partial charge in [0.1, 0.15) is 17.6 Å². The first-order chi connectivity index (χ1) is 20.5. The molecule has 0 saturated heterocycles. The molecular formula is C36H49N5O3. The largest absolute Gasteiger partial charge is 0.444 e. The fourth-order valence-corrected chi connectivity index (χ4v) is 4.51. The van der Waals surface area contributed by atoms with Crippen molar-refractivity contribution < 1.29 is 14.3 Å². The topological polar surface area (TPSA) is 96.8 Å². The second-order valence-electron chi connectivity index (χ2n) is 13.6. The molecule has 8 heteroatoms. The van der Waals surface area contributed by atoms with Crippen molar-refractivity contribution in [2.75, 3.05) is 13.1 Å². The number of aromatic nitrogens is 2. The molecule has 8 nitrogen and oxygen atoms in total. The van der Waals surface area contributed by atoms with Gasteiger partial charge in [0, 0.05) is 37.0 Å². The third-order valence-electron chi connectivity index (χ3n) is 7.86. The van der Waals surface area contributed by atoms with Crippen LogP contribution in [0.3, 0.4) is 0 Å². The molecule has 1 N–H and O–H groups in total. The maximum absolute atomic E-state index is 12.6. The van der Waals surface area contributed by atoms with Gasteiger partial charge in [-0.2, -0.15) is 0 Å². The minimum atomic E-state index is -0.509. The van der Waals surface area contributed by atoms with Gasteiger partial charge in [0.15, 0.2) is 0 Å². The maximum Gasteiger partial charge on any atom is 0.410 e. The van der Waals surface area contributed by atoms with Gasteiger partial charge in [-0.15, -0.1) is 0 Å². The van der Waals surface area contributed by atoms with Crippen molar-refractivity contribution in [1.29, 1.82) is 0 Å². The zero-order valence-corrected chi connectivity index (χ0v) is 28.4. The fraction of sp³-hybridized carbons (Fsp3) is 0.472. The Kier molecular flexibility index (Phi) is 11.1. The number of allylic oxidation sites excluding steroid dienone is 2. The molecule has 236 valence electrons. The van der Waals surface area contributed by atoms with E-state index in [2.05, 4.69) is 66.2 Å².